The molecule has 0 saturated carbocycles. The number of hydrogen-bond acceptors (Lipinski definition) is 3. The van der Waals surface area contributed by atoms with Gasteiger partial charge in [0.25, 0.3) is 0 Å². The van der Waals surface area contributed by atoms with Crippen LogP contribution in [0.4, 0.5) is 5.69 Å². The second-order valence-electron chi connectivity index (χ2n) is 7.87. The summed E-state index contributed by atoms with van der Waals surface area (Å²) < 4.78 is 26.8. The van der Waals surface area contributed by atoms with Gasteiger partial charge in [-0.2, -0.15) is 0 Å². The number of anilines is 1. The van der Waals surface area contributed by atoms with Gasteiger partial charge in [-0.1, -0.05) is 36.4 Å². The number of benzene rings is 2. The van der Waals surface area contributed by atoms with Crippen LogP contribution in [-0.2, 0) is 21.2 Å². The van der Waals surface area contributed by atoms with Crippen molar-refractivity contribution >= 4 is 21.6 Å². The smallest absolute Gasteiger partial charge is 0.227 e. The molecule has 1 aliphatic rings. The Hall–Kier alpha value is -2.18. The van der Waals surface area contributed by atoms with Gasteiger partial charge in [-0.15, -0.1) is 0 Å². The Labute approximate surface area is 174 Å². The van der Waals surface area contributed by atoms with Crippen molar-refractivity contribution in [3.05, 3.63) is 65.2 Å². The Morgan fingerprint density at radius 1 is 1.03 bits per heavy atom. The molecule has 6 heteroatoms. The highest BCUT2D eigenvalue weighted by atomic mass is 32.2. The number of sulfonamides is 1. The molecule has 0 spiro atoms. The zero-order valence-corrected chi connectivity index (χ0v) is 18.0. The van der Waals surface area contributed by atoms with Crippen molar-refractivity contribution in [2.75, 3.05) is 24.2 Å². The van der Waals surface area contributed by atoms with E-state index in [2.05, 4.69) is 5.32 Å². The number of nitrogens with one attached hydrogen (secondary N) is 1. The molecule has 0 aromatic heterocycles. The van der Waals surface area contributed by atoms with Crippen LogP contribution in [0.25, 0.3) is 0 Å². The quantitative estimate of drug-likeness (QED) is 0.747. The number of nitrogens with zero attached hydrogens (tertiary/aromatic N) is 1. The van der Waals surface area contributed by atoms with Crippen LogP contribution in [0.15, 0.2) is 48.5 Å². The van der Waals surface area contributed by atoms with Gasteiger partial charge in [-0.3, -0.25) is 4.79 Å². The van der Waals surface area contributed by atoms with E-state index in [4.69, 9.17) is 0 Å². The minimum Gasteiger partial charge on any atom is -0.326 e. The molecule has 0 unspecified atom stereocenters. The van der Waals surface area contributed by atoms with Crippen LogP contribution in [0.2, 0.25) is 0 Å². The lowest BCUT2D eigenvalue weighted by atomic mass is 9.97. The zero-order chi connectivity index (χ0) is 20.9. The molecule has 29 heavy (non-hydrogen) atoms. The Morgan fingerprint density at radius 3 is 2.38 bits per heavy atom. The fourth-order valence-corrected chi connectivity index (χ4v) is 5.23. The lowest BCUT2D eigenvalue weighted by molar-refractivity contribution is -0.120. The van der Waals surface area contributed by atoms with Crippen molar-refractivity contribution in [3.8, 4) is 0 Å². The van der Waals surface area contributed by atoms with E-state index >= 15 is 0 Å². The first-order valence-electron chi connectivity index (χ1n) is 10.2. The molecule has 3 rings (SSSR count). The van der Waals surface area contributed by atoms with Gasteiger partial charge in [0, 0.05) is 24.7 Å². The Kier molecular flexibility index (Phi) is 7.09. The van der Waals surface area contributed by atoms with Crippen molar-refractivity contribution < 1.29 is 13.2 Å². The number of carbonyl (C=O) groups is 1. The number of hydrogen-bond donors (Lipinski definition) is 1. The zero-order valence-electron chi connectivity index (χ0n) is 17.2. The van der Waals surface area contributed by atoms with Gasteiger partial charge in [0.15, 0.2) is 0 Å². The SMILES string of the molecule is Cc1ccc(NC(=O)C2CCN(S(=O)(=O)CCCc3ccccc3)CC2)cc1C. The maximum Gasteiger partial charge on any atom is 0.227 e. The monoisotopic (exact) mass is 414 g/mol. The molecule has 0 bridgehead atoms. The Morgan fingerprint density at radius 2 is 1.72 bits per heavy atom. The van der Waals surface area contributed by atoms with Crippen LogP contribution in [0.3, 0.4) is 0 Å². The fraction of sp³-hybridized carbons (Fsp3) is 0.435. The number of rotatable bonds is 7. The van der Waals surface area contributed by atoms with E-state index in [0.717, 1.165) is 23.2 Å². The van der Waals surface area contributed by atoms with Gasteiger partial charge in [0.05, 0.1) is 5.75 Å². The number of carbonyl (C=O) groups excluding carboxylic acids is 1. The third-order valence-corrected chi connectivity index (χ3v) is 7.66. The normalized spacial score (nSPS) is 15.9. The van der Waals surface area contributed by atoms with Gasteiger partial charge >= 0.3 is 0 Å². The average molecular weight is 415 g/mol. The molecule has 2 aromatic rings. The van der Waals surface area contributed by atoms with Gasteiger partial charge < -0.3 is 5.32 Å². The van der Waals surface area contributed by atoms with Crippen molar-refractivity contribution in [2.45, 2.75) is 39.5 Å². The van der Waals surface area contributed by atoms with E-state index in [-0.39, 0.29) is 17.6 Å². The second kappa shape index (κ2) is 9.55. The summed E-state index contributed by atoms with van der Waals surface area (Å²) in [5.41, 5.74) is 4.28. The predicted octanol–water partition coefficient (Wildman–Crippen LogP) is 3.92. The lowest BCUT2D eigenvalue weighted by Crippen LogP contribution is -2.42. The summed E-state index contributed by atoms with van der Waals surface area (Å²) in [6.07, 6.45) is 2.50. The number of amides is 1. The van der Waals surface area contributed by atoms with Gasteiger partial charge in [0.1, 0.15) is 0 Å². The summed E-state index contributed by atoms with van der Waals surface area (Å²) in [6.45, 7) is 4.89. The van der Waals surface area contributed by atoms with E-state index in [1.54, 1.807) is 4.31 Å². The molecule has 1 heterocycles. The first-order valence-corrected chi connectivity index (χ1v) is 11.9. The van der Waals surface area contributed by atoms with E-state index < -0.39 is 10.0 Å². The van der Waals surface area contributed by atoms with E-state index in [1.807, 2.05) is 62.4 Å². The molecule has 1 saturated heterocycles. The maximum absolute atomic E-state index is 12.6. The maximum atomic E-state index is 12.6. The predicted molar refractivity (Wildman–Crippen MR) is 117 cm³/mol. The van der Waals surface area contributed by atoms with Gasteiger partial charge in [-0.05, 0) is 68.4 Å². The summed E-state index contributed by atoms with van der Waals surface area (Å²) >= 11 is 0. The first-order chi connectivity index (χ1) is 13.8. The Balaban J connectivity index is 1.47. The van der Waals surface area contributed by atoms with Crippen molar-refractivity contribution in [1.29, 1.82) is 0 Å². The molecule has 1 N–H and O–H groups in total. The minimum absolute atomic E-state index is 0.0191. The van der Waals surface area contributed by atoms with Crippen molar-refractivity contribution in [2.24, 2.45) is 5.92 Å². The highest BCUT2D eigenvalue weighted by Crippen LogP contribution is 2.23. The average Bonchev–Trinajstić information content (AvgIpc) is 2.71. The molecule has 5 nitrogen and oxygen atoms in total. The summed E-state index contributed by atoms with van der Waals surface area (Å²) in [5.74, 6) is -0.0109. The highest BCUT2D eigenvalue weighted by molar-refractivity contribution is 7.89. The molecular weight excluding hydrogens is 384 g/mol. The third-order valence-electron chi connectivity index (χ3n) is 5.70. The molecule has 0 aliphatic carbocycles. The van der Waals surface area contributed by atoms with Crippen LogP contribution in [0.5, 0.6) is 0 Å². The van der Waals surface area contributed by atoms with Crippen LogP contribution < -0.4 is 5.32 Å². The van der Waals surface area contributed by atoms with E-state index in [1.165, 1.54) is 5.56 Å². The molecule has 1 aliphatic heterocycles. The minimum atomic E-state index is -3.27. The Bertz CT molecular complexity index is 934. The lowest BCUT2D eigenvalue weighted by Gasteiger charge is -2.30. The summed E-state index contributed by atoms with van der Waals surface area (Å²) in [5, 5.41) is 2.98. The topological polar surface area (TPSA) is 66.5 Å². The van der Waals surface area contributed by atoms with Gasteiger partial charge in [-0.25, -0.2) is 12.7 Å². The van der Waals surface area contributed by atoms with Crippen LogP contribution in [-0.4, -0.2) is 37.5 Å². The van der Waals surface area contributed by atoms with Crippen LogP contribution in [0.1, 0.15) is 36.0 Å². The van der Waals surface area contributed by atoms with E-state index in [0.29, 0.717) is 32.4 Å². The third kappa shape index (κ3) is 5.90. The first kappa shape index (κ1) is 21.5. The second-order valence-corrected chi connectivity index (χ2v) is 9.96. The summed E-state index contributed by atoms with van der Waals surface area (Å²) in [4.78, 5) is 12.6. The molecule has 156 valence electrons. The number of piperidine rings is 1. The molecule has 0 atom stereocenters. The van der Waals surface area contributed by atoms with Crippen molar-refractivity contribution in [1.82, 2.24) is 4.31 Å². The molecule has 2 aromatic carbocycles. The fourth-order valence-electron chi connectivity index (χ4n) is 3.69. The van der Waals surface area contributed by atoms with Crippen LogP contribution >= 0.6 is 0 Å². The molecular formula is C23H30N2O3S. The molecule has 1 amide bonds. The molecule has 1 fully saturated rings. The summed E-state index contributed by atoms with van der Waals surface area (Å²) in [7, 11) is -3.27. The molecule has 0 radical (unpaired) electrons. The van der Waals surface area contributed by atoms with E-state index in [9.17, 15) is 13.2 Å². The summed E-state index contributed by atoms with van der Waals surface area (Å²) in [6, 6.07) is 15.8. The largest absolute Gasteiger partial charge is 0.326 e. The van der Waals surface area contributed by atoms with Crippen molar-refractivity contribution in [3.63, 3.8) is 0 Å². The van der Waals surface area contributed by atoms with Crippen LogP contribution in [0, 0.1) is 19.8 Å². The highest BCUT2D eigenvalue weighted by Gasteiger charge is 2.30. The number of aryl methyl sites for hydroxylation is 3. The van der Waals surface area contributed by atoms with Gasteiger partial charge in [0.2, 0.25) is 15.9 Å². The standard InChI is InChI=1S/C23H30N2O3S/c1-18-10-11-22(17-19(18)2)24-23(26)21-12-14-25(15-13-21)29(27,28)16-6-9-20-7-4-3-5-8-20/h3-5,7-8,10-11,17,21H,6,9,12-16H2,1-2H3,(H,24,26).